The minimum Gasteiger partial charge on any atom is -0.491 e. The Morgan fingerprint density at radius 2 is 1.40 bits per heavy atom. The van der Waals surface area contributed by atoms with E-state index in [0.717, 1.165) is 16.9 Å². The van der Waals surface area contributed by atoms with Crippen molar-refractivity contribution in [3.05, 3.63) is 64.7 Å². The summed E-state index contributed by atoms with van der Waals surface area (Å²) in [7, 11) is 1.65. The van der Waals surface area contributed by atoms with Crippen LogP contribution < -0.4 is 4.74 Å². The van der Waals surface area contributed by atoms with Gasteiger partial charge >= 0.3 is 0 Å². The summed E-state index contributed by atoms with van der Waals surface area (Å²) < 4.78 is 10.4. The van der Waals surface area contributed by atoms with E-state index in [-0.39, 0.29) is 0 Å². The van der Waals surface area contributed by atoms with Crippen LogP contribution in [-0.2, 0) is 4.74 Å². The number of rotatable bonds is 4. The lowest BCUT2D eigenvalue weighted by molar-refractivity contribution is 0.146. The molecule has 2 aromatic rings. The van der Waals surface area contributed by atoms with Gasteiger partial charge in [-0.3, -0.25) is 0 Å². The Bertz CT molecular complexity index is 592. The Balaban J connectivity index is 1.98. The molecule has 0 fully saturated rings. The van der Waals surface area contributed by atoms with Gasteiger partial charge in [0.05, 0.1) is 6.61 Å². The molecule has 0 aromatic heterocycles. The Labute approximate surface area is 124 Å². The first-order valence-electron chi connectivity index (χ1n) is 6.27. The SMILES string of the molecule is COCCOc1ccc(C#Cc2ccc(Cl)cc2)cc1. The molecule has 2 nitrogen and oxygen atoms in total. The molecule has 2 aromatic carbocycles. The van der Waals surface area contributed by atoms with Crippen molar-refractivity contribution in [2.24, 2.45) is 0 Å². The van der Waals surface area contributed by atoms with Gasteiger partial charge < -0.3 is 9.47 Å². The Morgan fingerprint density at radius 3 is 1.95 bits per heavy atom. The molecule has 0 unspecified atom stereocenters. The second-order valence-corrected chi connectivity index (χ2v) is 4.56. The second kappa shape index (κ2) is 7.59. The lowest BCUT2D eigenvalue weighted by atomic mass is 10.2. The smallest absolute Gasteiger partial charge is 0.119 e. The molecular formula is C17H15ClO2. The third-order valence-corrected chi connectivity index (χ3v) is 2.86. The first-order valence-corrected chi connectivity index (χ1v) is 6.65. The summed E-state index contributed by atoms with van der Waals surface area (Å²) >= 11 is 5.83. The first kappa shape index (κ1) is 14.5. The highest BCUT2D eigenvalue weighted by molar-refractivity contribution is 6.30. The van der Waals surface area contributed by atoms with Crippen LogP contribution in [0, 0.1) is 11.8 Å². The van der Waals surface area contributed by atoms with Gasteiger partial charge in [0.15, 0.2) is 0 Å². The molecule has 0 aliphatic heterocycles. The maximum Gasteiger partial charge on any atom is 0.119 e. The van der Waals surface area contributed by atoms with E-state index in [4.69, 9.17) is 21.1 Å². The van der Waals surface area contributed by atoms with Crippen LogP contribution in [-0.4, -0.2) is 20.3 Å². The average molecular weight is 287 g/mol. The van der Waals surface area contributed by atoms with Gasteiger partial charge in [0.25, 0.3) is 0 Å². The fourth-order valence-corrected chi connectivity index (χ4v) is 1.68. The maximum absolute atomic E-state index is 5.83. The van der Waals surface area contributed by atoms with E-state index < -0.39 is 0 Å². The molecule has 0 N–H and O–H groups in total. The maximum atomic E-state index is 5.83. The fourth-order valence-electron chi connectivity index (χ4n) is 1.55. The van der Waals surface area contributed by atoms with E-state index in [1.165, 1.54) is 0 Å². The largest absolute Gasteiger partial charge is 0.491 e. The molecule has 0 radical (unpaired) electrons. The van der Waals surface area contributed by atoms with Gasteiger partial charge in [-0.1, -0.05) is 23.4 Å². The van der Waals surface area contributed by atoms with Crippen LogP contribution in [0.1, 0.15) is 11.1 Å². The van der Waals surface area contributed by atoms with Gasteiger partial charge in [-0.2, -0.15) is 0 Å². The zero-order valence-electron chi connectivity index (χ0n) is 11.2. The van der Waals surface area contributed by atoms with Crippen LogP contribution in [0.15, 0.2) is 48.5 Å². The molecule has 0 heterocycles. The van der Waals surface area contributed by atoms with Crippen molar-refractivity contribution in [1.82, 2.24) is 0 Å². The second-order valence-electron chi connectivity index (χ2n) is 4.12. The van der Waals surface area contributed by atoms with E-state index in [9.17, 15) is 0 Å². The zero-order valence-corrected chi connectivity index (χ0v) is 12.0. The van der Waals surface area contributed by atoms with Gasteiger partial charge in [0.2, 0.25) is 0 Å². The average Bonchev–Trinajstić information content (AvgIpc) is 2.48. The Hall–Kier alpha value is -1.95. The van der Waals surface area contributed by atoms with Gasteiger partial charge in [-0.25, -0.2) is 0 Å². The number of halogens is 1. The predicted octanol–water partition coefficient (Wildman–Crippen LogP) is 3.77. The zero-order chi connectivity index (χ0) is 14.2. The quantitative estimate of drug-likeness (QED) is 0.629. The molecule has 0 spiro atoms. The lowest BCUT2D eigenvalue weighted by Crippen LogP contribution is -2.03. The molecule has 0 bridgehead atoms. The van der Waals surface area contributed by atoms with Crippen molar-refractivity contribution in [3.8, 4) is 17.6 Å². The number of benzene rings is 2. The monoisotopic (exact) mass is 286 g/mol. The van der Waals surface area contributed by atoms with Gasteiger partial charge in [-0.05, 0) is 48.5 Å². The molecule has 0 saturated carbocycles. The van der Waals surface area contributed by atoms with Crippen molar-refractivity contribution in [2.75, 3.05) is 20.3 Å². The third kappa shape index (κ3) is 4.62. The van der Waals surface area contributed by atoms with E-state index in [1.807, 2.05) is 48.5 Å². The van der Waals surface area contributed by atoms with Crippen LogP contribution in [0.5, 0.6) is 5.75 Å². The molecule has 0 saturated heterocycles. The minimum absolute atomic E-state index is 0.548. The molecule has 0 atom stereocenters. The first-order chi connectivity index (χ1) is 9.78. The standard InChI is InChI=1S/C17H15ClO2/c1-19-12-13-20-17-10-6-15(7-11-17)3-2-14-4-8-16(18)9-5-14/h4-11H,12-13H2,1H3. The Kier molecular flexibility index (Phi) is 5.49. The number of methoxy groups -OCH3 is 1. The van der Waals surface area contributed by atoms with Crippen LogP contribution >= 0.6 is 11.6 Å². The molecule has 102 valence electrons. The van der Waals surface area contributed by atoms with Crippen LogP contribution in [0.25, 0.3) is 0 Å². The van der Waals surface area contributed by atoms with E-state index in [1.54, 1.807) is 7.11 Å². The van der Waals surface area contributed by atoms with Gasteiger partial charge in [0.1, 0.15) is 12.4 Å². The topological polar surface area (TPSA) is 18.5 Å². The van der Waals surface area contributed by atoms with Gasteiger partial charge in [-0.15, -0.1) is 0 Å². The number of ether oxygens (including phenoxy) is 2. The molecule has 20 heavy (non-hydrogen) atoms. The summed E-state index contributed by atoms with van der Waals surface area (Å²) in [6, 6.07) is 15.1. The van der Waals surface area contributed by atoms with Crippen molar-refractivity contribution >= 4 is 11.6 Å². The number of hydrogen-bond donors (Lipinski definition) is 0. The Morgan fingerprint density at radius 1 is 0.850 bits per heavy atom. The van der Waals surface area contributed by atoms with Gasteiger partial charge in [0, 0.05) is 23.3 Å². The molecule has 0 amide bonds. The summed E-state index contributed by atoms with van der Waals surface area (Å²) in [6.45, 7) is 1.13. The highest BCUT2D eigenvalue weighted by atomic mass is 35.5. The molecule has 0 aliphatic rings. The van der Waals surface area contributed by atoms with Crippen molar-refractivity contribution in [1.29, 1.82) is 0 Å². The summed E-state index contributed by atoms with van der Waals surface area (Å²) in [5.41, 5.74) is 1.88. The third-order valence-electron chi connectivity index (χ3n) is 2.61. The summed E-state index contributed by atoms with van der Waals surface area (Å²) in [4.78, 5) is 0. The van der Waals surface area contributed by atoms with Crippen LogP contribution in [0.3, 0.4) is 0 Å². The summed E-state index contributed by atoms with van der Waals surface area (Å²) in [6.07, 6.45) is 0. The van der Waals surface area contributed by atoms with Crippen LogP contribution in [0.2, 0.25) is 5.02 Å². The van der Waals surface area contributed by atoms with Crippen LogP contribution in [0.4, 0.5) is 0 Å². The molecule has 3 heteroatoms. The normalized spacial score (nSPS) is 9.70. The summed E-state index contributed by atoms with van der Waals surface area (Å²) in [5, 5.41) is 0.716. The van der Waals surface area contributed by atoms with E-state index in [2.05, 4.69) is 11.8 Å². The fraction of sp³-hybridized carbons (Fsp3) is 0.176. The van der Waals surface area contributed by atoms with E-state index in [0.29, 0.717) is 18.2 Å². The molecule has 0 aliphatic carbocycles. The van der Waals surface area contributed by atoms with Crippen molar-refractivity contribution in [3.63, 3.8) is 0 Å². The highest BCUT2D eigenvalue weighted by Crippen LogP contribution is 2.12. The predicted molar refractivity (Wildman–Crippen MR) is 81.2 cm³/mol. The van der Waals surface area contributed by atoms with Crippen molar-refractivity contribution in [2.45, 2.75) is 0 Å². The van der Waals surface area contributed by atoms with E-state index >= 15 is 0 Å². The summed E-state index contributed by atoms with van der Waals surface area (Å²) in [5.74, 6) is 7.01. The lowest BCUT2D eigenvalue weighted by Gasteiger charge is -2.04. The molecule has 2 rings (SSSR count). The number of hydrogen-bond acceptors (Lipinski definition) is 2. The van der Waals surface area contributed by atoms with Crippen molar-refractivity contribution < 1.29 is 9.47 Å². The molecular weight excluding hydrogens is 272 g/mol. The minimum atomic E-state index is 0.548. The highest BCUT2D eigenvalue weighted by Gasteiger charge is 1.93.